The first kappa shape index (κ1) is 24.7. The Balaban J connectivity index is 1.72. The van der Waals surface area contributed by atoms with Crippen molar-refractivity contribution < 1.29 is 9.53 Å². The van der Waals surface area contributed by atoms with E-state index < -0.39 is 11.1 Å². The number of rotatable bonds is 6. The zero-order chi connectivity index (χ0) is 27.0. The molecule has 0 aliphatic carbocycles. The molecule has 4 nitrogen and oxygen atoms in total. The second-order valence-electron chi connectivity index (χ2n) is 10.0. The molecule has 1 amide bonds. The van der Waals surface area contributed by atoms with Crippen LogP contribution < -0.4 is 15.4 Å². The average molecular weight is 511 g/mol. The molecule has 0 saturated carbocycles. The summed E-state index contributed by atoms with van der Waals surface area (Å²) in [4.78, 5) is 17.0. The van der Waals surface area contributed by atoms with Gasteiger partial charge in [-0.2, -0.15) is 0 Å². The molecule has 0 spiro atoms. The maximum atomic E-state index is 15.1. The number of anilines is 1. The van der Waals surface area contributed by atoms with Crippen molar-refractivity contribution in [2.45, 2.75) is 18.0 Å². The first-order valence-corrected chi connectivity index (χ1v) is 13.1. The SMILES string of the molecule is COc1ccc([C@]2(N)C(=O)N(C(c3ccccc3)(c3ccccc3)c3ccccc3)c3ccc(C)cc32)cc1. The van der Waals surface area contributed by atoms with Gasteiger partial charge in [0, 0.05) is 5.56 Å². The van der Waals surface area contributed by atoms with Gasteiger partial charge in [-0.25, -0.2) is 0 Å². The lowest BCUT2D eigenvalue weighted by Gasteiger charge is -2.44. The number of ether oxygens (including phenoxy) is 1. The minimum Gasteiger partial charge on any atom is -0.497 e. The van der Waals surface area contributed by atoms with Gasteiger partial charge in [0.1, 0.15) is 16.8 Å². The molecule has 0 aromatic heterocycles. The van der Waals surface area contributed by atoms with E-state index in [0.717, 1.165) is 33.5 Å². The van der Waals surface area contributed by atoms with Crippen molar-refractivity contribution in [2.24, 2.45) is 5.73 Å². The Kier molecular flexibility index (Phi) is 6.05. The Bertz CT molecular complexity index is 1520. The summed E-state index contributed by atoms with van der Waals surface area (Å²) in [7, 11) is 1.63. The molecule has 0 bridgehead atoms. The van der Waals surface area contributed by atoms with Crippen LogP contribution in [0.4, 0.5) is 5.69 Å². The molecule has 5 aromatic carbocycles. The van der Waals surface area contributed by atoms with Crippen molar-refractivity contribution >= 4 is 11.6 Å². The Morgan fingerprint density at radius 2 is 1.18 bits per heavy atom. The first-order valence-electron chi connectivity index (χ1n) is 13.1. The molecule has 1 aliphatic heterocycles. The molecule has 39 heavy (non-hydrogen) atoms. The first-order chi connectivity index (χ1) is 19.0. The van der Waals surface area contributed by atoms with Gasteiger partial charge in [-0.15, -0.1) is 0 Å². The molecule has 0 saturated heterocycles. The standard InChI is InChI=1S/C35H30N2O2/c1-25-18-23-32-31(24-25)34(36,26-19-21-30(39-2)22-20-26)33(38)37(32)35(27-12-6-3-7-13-27,28-14-8-4-9-15-28)29-16-10-5-11-17-29/h3-24H,36H2,1-2H3/t34-/m1/s1. The molecular weight excluding hydrogens is 480 g/mol. The van der Waals surface area contributed by atoms with Crippen molar-refractivity contribution in [2.75, 3.05) is 12.0 Å². The van der Waals surface area contributed by atoms with Crippen LogP contribution in [0.1, 0.15) is 33.4 Å². The van der Waals surface area contributed by atoms with Crippen LogP contribution in [-0.2, 0) is 15.9 Å². The van der Waals surface area contributed by atoms with Crippen LogP contribution in [-0.4, -0.2) is 13.0 Å². The van der Waals surface area contributed by atoms with Crippen LogP contribution in [0.25, 0.3) is 0 Å². The van der Waals surface area contributed by atoms with Gasteiger partial charge in [-0.1, -0.05) is 121 Å². The summed E-state index contributed by atoms with van der Waals surface area (Å²) in [5.74, 6) is 0.520. The maximum absolute atomic E-state index is 15.1. The quantitative estimate of drug-likeness (QED) is 0.264. The Morgan fingerprint density at radius 1 is 0.692 bits per heavy atom. The summed E-state index contributed by atoms with van der Waals surface area (Å²) in [6.45, 7) is 2.03. The van der Waals surface area contributed by atoms with E-state index in [2.05, 4.69) is 36.4 Å². The fraction of sp³-hybridized carbons (Fsp3) is 0.114. The van der Waals surface area contributed by atoms with E-state index in [4.69, 9.17) is 10.5 Å². The average Bonchev–Trinajstić information content (AvgIpc) is 3.22. The summed E-state index contributed by atoms with van der Waals surface area (Å²) in [6, 6.07) is 44.3. The number of aryl methyl sites for hydroxylation is 1. The molecule has 0 radical (unpaired) electrons. The number of nitrogens with two attached hydrogens (primary N) is 1. The summed E-state index contributed by atoms with van der Waals surface area (Å²) in [5.41, 5.74) is 11.2. The number of hydrogen-bond acceptors (Lipinski definition) is 3. The van der Waals surface area contributed by atoms with Gasteiger partial charge in [0.15, 0.2) is 0 Å². The number of carbonyl (C=O) groups is 1. The molecular formula is C35H30N2O2. The fourth-order valence-corrected chi connectivity index (χ4v) is 5.95. The summed E-state index contributed by atoms with van der Waals surface area (Å²) >= 11 is 0. The van der Waals surface area contributed by atoms with E-state index in [1.165, 1.54) is 0 Å². The largest absolute Gasteiger partial charge is 0.497 e. The molecule has 5 aromatic rings. The second-order valence-corrected chi connectivity index (χ2v) is 10.0. The van der Waals surface area contributed by atoms with Gasteiger partial charge in [-0.3, -0.25) is 9.69 Å². The third-order valence-corrected chi connectivity index (χ3v) is 7.81. The van der Waals surface area contributed by atoms with Crippen molar-refractivity contribution in [1.82, 2.24) is 0 Å². The highest BCUT2D eigenvalue weighted by Gasteiger charge is 2.57. The van der Waals surface area contributed by atoms with E-state index >= 15 is 4.79 Å². The van der Waals surface area contributed by atoms with Crippen LogP contribution >= 0.6 is 0 Å². The lowest BCUT2D eigenvalue weighted by atomic mass is 9.75. The summed E-state index contributed by atoms with van der Waals surface area (Å²) < 4.78 is 5.39. The Labute approximate surface area is 229 Å². The van der Waals surface area contributed by atoms with E-state index in [1.54, 1.807) is 7.11 Å². The monoisotopic (exact) mass is 510 g/mol. The molecule has 1 atom stereocenters. The van der Waals surface area contributed by atoms with Crippen LogP contribution in [0.5, 0.6) is 5.75 Å². The number of methoxy groups -OCH3 is 1. The van der Waals surface area contributed by atoms with Gasteiger partial charge in [0.05, 0.1) is 12.8 Å². The lowest BCUT2D eigenvalue weighted by Crippen LogP contribution is -2.56. The van der Waals surface area contributed by atoms with Gasteiger partial charge in [-0.05, 0) is 47.4 Å². The number of nitrogens with zero attached hydrogens (tertiary/aromatic N) is 1. The molecule has 4 heteroatoms. The van der Waals surface area contributed by atoms with Crippen LogP contribution in [0.3, 0.4) is 0 Å². The normalized spacial score (nSPS) is 16.7. The number of carbonyl (C=O) groups excluding carboxylic acids is 1. The highest BCUT2D eigenvalue weighted by molar-refractivity contribution is 6.12. The minimum absolute atomic E-state index is 0.190. The minimum atomic E-state index is -1.39. The van der Waals surface area contributed by atoms with Crippen molar-refractivity contribution in [3.63, 3.8) is 0 Å². The third kappa shape index (κ3) is 3.68. The second kappa shape index (κ2) is 9.57. The Morgan fingerprint density at radius 3 is 1.64 bits per heavy atom. The van der Waals surface area contributed by atoms with Gasteiger partial charge in [0.2, 0.25) is 0 Å². The van der Waals surface area contributed by atoms with Gasteiger partial charge >= 0.3 is 0 Å². The molecule has 1 aliphatic rings. The van der Waals surface area contributed by atoms with Crippen LogP contribution in [0, 0.1) is 6.92 Å². The number of benzene rings is 5. The highest BCUT2D eigenvalue weighted by Crippen LogP contribution is 2.53. The smallest absolute Gasteiger partial charge is 0.257 e. The fourth-order valence-electron chi connectivity index (χ4n) is 5.95. The molecule has 0 unspecified atom stereocenters. The maximum Gasteiger partial charge on any atom is 0.257 e. The van der Waals surface area contributed by atoms with Gasteiger partial charge < -0.3 is 10.5 Å². The lowest BCUT2D eigenvalue weighted by molar-refractivity contribution is -0.122. The zero-order valence-electron chi connectivity index (χ0n) is 22.0. The Hall–Kier alpha value is -4.67. The topological polar surface area (TPSA) is 55.6 Å². The highest BCUT2D eigenvalue weighted by atomic mass is 16.5. The van der Waals surface area contributed by atoms with E-state index in [0.29, 0.717) is 11.3 Å². The molecule has 1 heterocycles. The predicted molar refractivity (Wildman–Crippen MR) is 156 cm³/mol. The van der Waals surface area contributed by atoms with Crippen LogP contribution in [0.15, 0.2) is 133 Å². The number of hydrogen-bond donors (Lipinski definition) is 1. The van der Waals surface area contributed by atoms with E-state index in [1.807, 2.05) is 109 Å². The zero-order valence-corrected chi connectivity index (χ0v) is 22.0. The summed E-state index contributed by atoms with van der Waals surface area (Å²) in [6.07, 6.45) is 0. The number of amides is 1. The third-order valence-electron chi connectivity index (χ3n) is 7.81. The van der Waals surface area contributed by atoms with Crippen molar-refractivity contribution in [3.8, 4) is 5.75 Å². The number of fused-ring (bicyclic) bond motifs is 1. The molecule has 2 N–H and O–H groups in total. The van der Waals surface area contributed by atoms with E-state index in [9.17, 15) is 0 Å². The molecule has 192 valence electrons. The van der Waals surface area contributed by atoms with Crippen molar-refractivity contribution in [3.05, 3.63) is 167 Å². The predicted octanol–water partition coefficient (Wildman–Crippen LogP) is 6.54. The van der Waals surface area contributed by atoms with Crippen LogP contribution in [0.2, 0.25) is 0 Å². The summed E-state index contributed by atoms with van der Waals surface area (Å²) in [5, 5.41) is 0. The van der Waals surface area contributed by atoms with Gasteiger partial charge in [0.25, 0.3) is 5.91 Å². The van der Waals surface area contributed by atoms with Crippen molar-refractivity contribution in [1.29, 1.82) is 0 Å². The molecule has 0 fully saturated rings. The molecule has 6 rings (SSSR count). The van der Waals surface area contributed by atoms with E-state index in [-0.39, 0.29) is 5.91 Å².